The molecule has 0 saturated carbocycles. The summed E-state index contributed by atoms with van der Waals surface area (Å²) in [5, 5.41) is 0.549. The number of carbonyl (C=O) groups is 1. The summed E-state index contributed by atoms with van der Waals surface area (Å²) >= 11 is 13.4. The van der Waals surface area contributed by atoms with Gasteiger partial charge in [-0.2, -0.15) is 12.6 Å². The van der Waals surface area contributed by atoms with Crippen molar-refractivity contribution >= 4 is 51.9 Å². The van der Waals surface area contributed by atoms with E-state index < -0.39 is 0 Å². The number of amides is 1. The average molecular weight is 322 g/mol. The van der Waals surface area contributed by atoms with Crippen molar-refractivity contribution in [3.63, 3.8) is 0 Å². The average Bonchev–Trinajstić information content (AvgIpc) is 2.60. The molecule has 1 fully saturated rings. The molecule has 2 heterocycles. The van der Waals surface area contributed by atoms with Crippen molar-refractivity contribution in [3.8, 4) is 0 Å². The maximum atomic E-state index is 11.8. The van der Waals surface area contributed by atoms with Gasteiger partial charge in [-0.3, -0.25) is 9.69 Å². The number of halogens is 2. The topological polar surface area (TPSA) is 33.2 Å². The molecule has 1 aliphatic heterocycles. The van der Waals surface area contributed by atoms with Gasteiger partial charge in [0.15, 0.2) is 0 Å². The van der Waals surface area contributed by atoms with Crippen LogP contribution in [-0.2, 0) is 4.79 Å². The minimum absolute atomic E-state index is 0.0922. The van der Waals surface area contributed by atoms with Gasteiger partial charge in [0, 0.05) is 19.2 Å². The SMILES string of the molecule is O=C1CC(CS)CN1c1ncc(Cl)cc1Br. The van der Waals surface area contributed by atoms with Crippen molar-refractivity contribution < 1.29 is 4.79 Å². The lowest BCUT2D eigenvalue weighted by atomic mass is 10.1. The molecule has 1 saturated heterocycles. The predicted molar refractivity (Wildman–Crippen MR) is 71.3 cm³/mol. The van der Waals surface area contributed by atoms with E-state index in [2.05, 4.69) is 33.5 Å². The van der Waals surface area contributed by atoms with Crippen LogP contribution in [0.5, 0.6) is 0 Å². The van der Waals surface area contributed by atoms with E-state index >= 15 is 0 Å². The molecule has 2 rings (SSSR count). The fourth-order valence-corrected chi connectivity index (χ4v) is 2.81. The number of carbonyl (C=O) groups excluding carboxylic acids is 1. The van der Waals surface area contributed by atoms with Crippen molar-refractivity contribution in [2.24, 2.45) is 5.92 Å². The Kier molecular flexibility index (Phi) is 3.77. The zero-order valence-corrected chi connectivity index (χ0v) is 11.6. The van der Waals surface area contributed by atoms with Crippen LogP contribution in [0.15, 0.2) is 16.7 Å². The molecule has 0 spiro atoms. The molecule has 1 aromatic rings. The van der Waals surface area contributed by atoms with Gasteiger partial charge in [-0.05, 0) is 33.7 Å². The van der Waals surface area contributed by atoms with E-state index in [0.29, 0.717) is 35.5 Å². The Hall–Kier alpha value is -0.260. The molecule has 1 amide bonds. The van der Waals surface area contributed by atoms with Crippen LogP contribution < -0.4 is 4.90 Å². The van der Waals surface area contributed by atoms with Gasteiger partial charge in [-0.15, -0.1) is 0 Å². The molecular formula is C10H10BrClN2OS. The zero-order valence-electron chi connectivity index (χ0n) is 8.36. The fourth-order valence-electron chi connectivity index (χ4n) is 1.71. The van der Waals surface area contributed by atoms with E-state index in [1.165, 1.54) is 0 Å². The number of hydrogen-bond acceptors (Lipinski definition) is 3. The van der Waals surface area contributed by atoms with Gasteiger partial charge < -0.3 is 0 Å². The highest BCUT2D eigenvalue weighted by molar-refractivity contribution is 9.10. The third kappa shape index (κ3) is 2.36. The lowest BCUT2D eigenvalue weighted by Gasteiger charge is -2.16. The van der Waals surface area contributed by atoms with E-state index in [-0.39, 0.29) is 5.91 Å². The molecule has 1 atom stereocenters. The summed E-state index contributed by atoms with van der Waals surface area (Å²) in [5.41, 5.74) is 0. The molecular weight excluding hydrogens is 312 g/mol. The maximum absolute atomic E-state index is 11.8. The van der Waals surface area contributed by atoms with E-state index in [1.807, 2.05) is 0 Å². The Balaban J connectivity index is 2.28. The molecule has 0 bridgehead atoms. The van der Waals surface area contributed by atoms with Gasteiger partial charge in [-0.1, -0.05) is 11.6 Å². The van der Waals surface area contributed by atoms with E-state index in [4.69, 9.17) is 11.6 Å². The lowest BCUT2D eigenvalue weighted by Crippen LogP contribution is -2.26. The van der Waals surface area contributed by atoms with Crippen molar-refractivity contribution in [2.45, 2.75) is 6.42 Å². The minimum atomic E-state index is 0.0922. The highest BCUT2D eigenvalue weighted by Crippen LogP contribution is 2.31. The fraction of sp³-hybridized carbons (Fsp3) is 0.400. The zero-order chi connectivity index (χ0) is 11.7. The van der Waals surface area contributed by atoms with Gasteiger partial charge in [0.25, 0.3) is 0 Å². The summed E-state index contributed by atoms with van der Waals surface area (Å²) in [7, 11) is 0. The number of nitrogens with zero attached hydrogens (tertiary/aromatic N) is 2. The van der Waals surface area contributed by atoms with Gasteiger partial charge in [0.2, 0.25) is 5.91 Å². The van der Waals surface area contributed by atoms with Crippen LogP contribution in [0, 0.1) is 5.92 Å². The first-order chi connectivity index (χ1) is 7.61. The number of aromatic nitrogens is 1. The number of hydrogen-bond donors (Lipinski definition) is 1. The van der Waals surface area contributed by atoms with Crippen LogP contribution in [0.25, 0.3) is 0 Å². The smallest absolute Gasteiger partial charge is 0.228 e. The van der Waals surface area contributed by atoms with Gasteiger partial charge in [-0.25, -0.2) is 4.98 Å². The molecule has 86 valence electrons. The van der Waals surface area contributed by atoms with Crippen molar-refractivity contribution in [2.75, 3.05) is 17.2 Å². The molecule has 1 aliphatic rings. The van der Waals surface area contributed by atoms with Crippen molar-refractivity contribution in [3.05, 3.63) is 21.8 Å². The third-order valence-electron chi connectivity index (χ3n) is 2.51. The van der Waals surface area contributed by atoms with Gasteiger partial charge >= 0.3 is 0 Å². The summed E-state index contributed by atoms with van der Waals surface area (Å²) in [6.45, 7) is 0.676. The highest BCUT2D eigenvalue weighted by atomic mass is 79.9. The summed E-state index contributed by atoms with van der Waals surface area (Å²) < 4.78 is 0.744. The second-order valence-corrected chi connectivity index (χ2v) is 5.37. The standard InChI is InChI=1S/C10H10BrClN2OS/c11-8-2-7(12)3-13-10(8)14-4-6(5-16)1-9(14)15/h2-3,6,16H,1,4-5H2. The van der Waals surface area contributed by atoms with E-state index in [9.17, 15) is 4.79 Å². The first kappa shape index (κ1) is 12.2. The second-order valence-electron chi connectivity index (χ2n) is 3.72. The molecule has 0 aromatic carbocycles. The van der Waals surface area contributed by atoms with E-state index in [1.54, 1.807) is 17.2 Å². The summed E-state index contributed by atoms with van der Waals surface area (Å²) in [6.07, 6.45) is 2.09. The monoisotopic (exact) mass is 320 g/mol. The number of rotatable bonds is 2. The summed E-state index contributed by atoms with van der Waals surface area (Å²) in [6, 6.07) is 1.74. The maximum Gasteiger partial charge on any atom is 0.228 e. The number of pyridine rings is 1. The third-order valence-corrected chi connectivity index (χ3v) is 3.81. The largest absolute Gasteiger partial charge is 0.296 e. The Morgan fingerprint density at radius 2 is 2.44 bits per heavy atom. The van der Waals surface area contributed by atoms with Gasteiger partial charge in [0.05, 0.1) is 9.50 Å². The highest BCUT2D eigenvalue weighted by Gasteiger charge is 2.31. The molecule has 0 N–H and O–H groups in total. The van der Waals surface area contributed by atoms with Crippen LogP contribution >= 0.6 is 40.2 Å². The predicted octanol–water partition coefficient (Wildman–Crippen LogP) is 2.78. The lowest BCUT2D eigenvalue weighted by molar-refractivity contribution is -0.117. The molecule has 6 heteroatoms. The molecule has 1 unspecified atom stereocenters. The molecule has 0 radical (unpaired) electrons. The van der Waals surface area contributed by atoms with Crippen molar-refractivity contribution in [1.29, 1.82) is 0 Å². The van der Waals surface area contributed by atoms with Crippen LogP contribution in [0.3, 0.4) is 0 Å². The minimum Gasteiger partial charge on any atom is -0.296 e. The van der Waals surface area contributed by atoms with Crippen LogP contribution in [0.1, 0.15) is 6.42 Å². The quantitative estimate of drug-likeness (QED) is 0.850. The first-order valence-electron chi connectivity index (χ1n) is 4.84. The molecule has 0 aliphatic carbocycles. The van der Waals surface area contributed by atoms with Crippen molar-refractivity contribution in [1.82, 2.24) is 4.98 Å². The normalized spacial score (nSPS) is 20.6. The Bertz CT molecular complexity index is 429. The van der Waals surface area contributed by atoms with Crippen LogP contribution in [0.2, 0.25) is 5.02 Å². The molecule has 16 heavy (non-hydrogen) atoms. The Labute approximate surface area is 113 Å². The molecule has 1 aromatic heterocycles. The first-order valence-corrected chi connectivity index (χ1v) is 6.64. The summed E-state index contributed by atoms with van der Waals surface area (Å²) in [4.78, 5) is 17.6. The Morgan fingerprint density at radius 3 is 3.00 bits per heavy atom. The van der Waals surface area contributed by atoms with E-state index in [0.717, 1.165) is 4.47 Å². The summed E-state index contributed by atoms with van der Waals surface area (Å²) in [5.74, 6) is 1.75. The number of anilines is 1. The second kappa shape index (κ2) is 4.94. The van der Waals surface area contributed by atoms with Crippen LogP contribution in [0.4, 0.5) is 5.82 Å². The van der Waals surface area contributed by atoms with Gasteiger partial charge in [0.1, 0.15) is 5.82 Å². The number of thiol groups is 1. The molecule has 3 nitrogen and oxygen atoms in total. The Morgan fingerprint density at radius 1 is 1.69 bits per heavy atom. The van der Waals surface area contributed by atoms with Crippen LogP contribution in [-0.4, -0.2) is 23.2 Å².